The first kappa shape index (κ1) is 13.2. The maximum Gasteiger partial charge on any atom is 0.359 e. The van der Waals surface area contributed by atoms with Crippen LogP contribution in [0.3, 0.4) is 0 Å². The fourth-order valence-electron chi connectivity index (χ4n) is 1.81. The molecule has 0 radical (unpaired) electrons. The lowest BCUT2D eigenvalue weighted by molar-refractivity contribution is 0.0588. The second-order valence-electron chi connectivity index (χ2n) is 4.10. The molecule has 19 heavy (non-hydrogen) atoms. The number of esters is 1. The number of aryl methyl sites for hydroxylation is 1. The van der Waals surface area contributed by atoms with Crippen molar-refractivity contribution in [2.75, 3.05) is 7.11 Å². The third-order valence-electron chi connectivity index (χ3n) is 2.89. The van der Waals surface area contributed by atoms with Gasteiger partial charge in [0.25, 0.3) is 0 Å². The molecule has 0 saturated carbocycles. The summed E-state index contributed by atoms with van der Waals surface area (Å²) in [5, 5.41) is 0. The number of hydrogen-bond donors (Lipinski definition) is 0. The second-order valence-corrected chi connectivity index (χ2v) is 4.10. The fraction of sp³-hybridized carbons (Fsp3) is 0.200. The van der Waals surface area contributed by atoms with Gasteiger partial charge in [0.2, 0.25) is 0 Å². The number of aromatic nitrogens is 1. The predicted octanol–water partition coefficient (Wildman–Crippen LogP) is 3.24. The number of ether oxygens (including phenoxy) is 1. The highest BCUT2D eigenvalue weighted by Crippen LogP contribution is 2.22. The quantitative estimate of drug-likeness (QED) is 0.794. The summed E-state index contributed by atoms with van der Waals surface area (Å²) in [7, 11) is 1.20. The number of nitrogens with zero attached hydrogens (tertiary/aromatic N) is 1. The lowest BCUT2D eigenvalue weighted by atomic mass is 10.0. The normalized spacial score (nSPS) is 10.3. The van der Waals surface area contributed by atoms with Crippen molar-refractivity contribution in [1.82, 2.24) is 4.98 Å². The molecule has 0 unspecified atom stereocenters. The molecule has 0 bridgehead atoms. The molecule has 2 rings (SSSR count). The maximum absolute atomic E-state index is 13.8. The van der Waals surface area contributed by atoms with Gasteiger partial charge in [0.15, 0.2) is 11.5 Å². The van der Waals surface area contributed by atoms with E-state index in [1.807, 2.05) is 24.3 Å². The summed E-state index contributed by atoms with van der Waals surface area (Å²) in [5.74, 6) is -1.45. The van der Waals surface area contributed by atoms with Crippen molar-refractivity contribution in [3.8, 4) is 11.1 Å². The number of pyridine rings is 1. The third-order valence-corrected chi connectivity index (χ3v) is 2.89. The summed E-state index contributed by atoms with van der Waals surface area (Å²) in [4.78, 5) is 15.1. The Labute approximate surface area is 111 Å². The molecule has 4 heteroatoms. The number of halogens is 1. The molecular weight excluding hydrogens is 245 g/mol. The summed E-state index contributed by atoms with van der Waals surface area (Å²) in [6, 6.07) is 9.09. The van der Waals surface area contributed by atoms with Gasteiger partial charge in [-0.15, -0.1) is 0 Å². The SMILES string of the molecule is CCc1cccc(-c2cnc(C(=O)OC)c(F)c2)c1. The van der Waals surface area contributed by atoms with Crippen molar-refractivity contribution in [3.05, 3.63) is 53.6 Å². The molecule has 1 aromatic carbocycles. The molecule has 0 saturated heterocycles. The van der Waals surface area contributed by atoms with Gasteiger partial charge in [0.1, 0.15) is 0 Å². The lowest BCUT2D eigenvalue weighted by Gasteiger charge is -2.06. The van der Waals surface area contributed by atoms with Crippen LogP contribution in [0.15, 0.2) is 36.5 Å². The number of methoxy groups -OCH3 is 1. The Kier molecular flexibility index (Phi) is 3.90. The standard InChI is InChI=1S/C15H14FNO2/c1-3-10-5-4-6-11(7-10)12-8-13(16)14(17-9-12)15(18)19-2/h4-9H,3H2,1-2H3. The molecule has 1 heterocycles. The Morgan fingerprint density at radius 2 is 2.11 bits per heavy atom. The predicted molar refractivity (Wildman–Crippen MR) is 70.3 cm³/mol. The van der Waals surface area contributed by atoms with E-state index in [2.05, 4.69) is 16.6 Å². The zero-order chi connectivity index (χ0) is 13.8. The van der Waals surface area contributed by atoms with Crippen molar-refractivity contribution in [1.29, 1.82) is 0 Å². The Morgan fingerprint density at radius 3 is 2.74 bits per heavy atom. The Balaban J connectivity index is 2.41. The molecule has 0 N–H and O–H groups in total. The van der Waals surface area contributed by atoms with Gasteiger partial charge in [-0.1, -0.05) is 31.2 Å². The summed E-state index contributed by atoms with van der Waals surface area (Å²) in [6.45, 7) is 2.05. The highest BCUT2D eigenvalue weighted by molar-refractivity contribution is 5.87. The fourth-order valence-corrected chi connectivity index (χ4v) is 1.81. The molecule has 0 amide bonds. The molecule has 1 aromatic heterocycles. The van der Waals surface area contributed by atoms with Gasteiger partial charge in [-0.05, 0) is 23.6 Å². The van der Waals surface area contributed by atoms with Crippen LogP contribution in [0.1, 0.15) is 23.0 Å². The lowest BCUT2D eigenvalue weighted by Crippen LogP contribution is -2.07. The zero-order valence-corrected chi connectivity index (χ0v) is 10.8. The van der Waals surface area contributed by atoms with Crippen LogP contribution in [0.2, 0.25) is 0 Å². The van der Waals surface area contributed by atoms with Crippen LogP contribution in [-0.4, -0.2) is 18.1 Å². The van der Waals surface area contributed by atoms with Crippen molar-refractivity contribution >= 4 is 5.97 Å². The van der Waals surface area contributed by atoms with Crippen molar-refractivity contribution in [2.45, 2.75) is 13.3 Å². The van der Waals surface area contributed by atoms with Gasteiger partial charge in [0, 0.05) is 11.8 Å². The Hall–Kier alpha value is -2.23. The van der Waals surface area contributed by atoms with E-state index in [0.717, 1.165) is 17.5 Å². The van der Waals surface area contributed by atoms with Crippen LogP contribution >= 0.6 is 0 Å². The van der Waals surface area contributed by atoms with Gasteiger partial charge in [-0.25, -0.2) is 14.2 Å². The van der Waals surface area contributed by atoms with E-state index < -0.39 is 11.8 Å². The summed E-state index contributed by atoms with van der Waals surface area (Å²) < 4.78 is 18.3. The van der Waals surface area contributed by atoms with Crippen LogP contribution in [-0.2, 0) is 11.2 Å². The average molecular weight is 259 g/mol. The molecule has 2 aromatic rings. The number of benzene rings is 1. The van der Waals surface area contributed by atoms with Crippen molar-refractivity contribution in [3.63, 3.8) is 0 Å². The number of hydrogen-bond acceptors (Lipinski definition) is 3. The average Bonchev–Trinajstić information content (AvgIpc) is 2.46. The van der Waals surface area contributed by atoms with E-state index in [9.17, 15) is 9.18 Å². The van der Waals surface area contributed by atoms with Crippen LogP contribution in [0.25, 0.3) is 11.1 Å². The molecule has 0 spiro atoms. The minimum absolute atomic E-state index is 0.294. The van der Waals surface area contributed by atoms with E-state index in [1.165, 1.54) is 19.4 Å². The second kappa shape index (κ2) is 5.61. The topological polar surface area (TPSA) is 39.2 Å². The Morgan fingerprint density at radius 1 is 1.32 bits per heavy atom. The monoisotopic (exact) mass is 259 g/mol. The van der Waals surface area contributed by atoms with Gasteiger partial charge in [-0.2, -0.15) is 0 Å². The number of carbonyl (C=O) groups is 1. The first-order valence-corrected chi connectivity index (χ1v) is 5.99. The summed E-state index contributed by atoms with van der Waals surface area (Å²) in [5.41, 5.74) is 2.38. The summed E-state index contributed by atoms with van der Waals surface area (Å²) in [6.07, 6.45) is 2.38. The molecular formula is C15H14FNO2. The molecule has 0 atom stereocenters. The van der Waals surface area contributed by atoms with E-state index in [1.54, 1.807) is 0 Å². The largest absolute Gasteiger partial charge is 0.464 e. The maximum atomic E-state index is 13.8. The molecule has 3 nitrogen and oxygen atoms in total. The molecule has 98 valence electrons. The van der Waals surface area contributed by atoms with E-state index in [-0.39, 0.29) is 5.69 Å². The molecule has 0 aliphatic rings. The summed E-state index contributed by atoms with van der Waals surface area (Å²) >= 11 is 0. The highest BCUT2D eigenvalue weighted by Gasteiger charge is 2.14. The molecule has 0 fully saturated rings. The number of carbonyl (C=O) groups excluding carboxylic acids is 1. The first-order valence-electron chi connectivity index (χ1n) is 5.99. The zero-order valence-electron chi connectivity index (χ0n) is 10.8. The Bertz CT molecular complexity index is 611. The molecule has 0 aliphatic carbocycles. The third kappa shape index (κ3) is 2.78. The van der Waals surface area contributed by atoms with Crippen LogP contribution in [0.4, 0.5) is 4.39 Å². The van der Waals surface area contributed by atoms with Gasteiger partial charge < -0.3 is 4.74 Å². The van der Waals surface area contributed by atoms with E-state index >= 15 is 0 Å². The van der Waals surface area contributed by atoms with Gasteiger partial charge >= 0.3 is 5.97 Å². The van der Waals surface area contributed by atoms with Crippen LogP contribution in [0.5, 0.6) is 0 Å². The molecule has 0 aliphatic heterocycles. The minimum Gasteiger partial charge on any atom is -0.464 e. The van der Waals surface area contributed by atoms with E-state index in [4.69, 9.17) is 0 Å². The minimum atomic E-state index is -0.772. The van der Waals surface area contributed by atoms with E-state index in [0.29, 0.717) is 5.56 Å². The van der Waals surface area contributed by atoms with Crippen molar-refractivity contribution < 1.29 is 13.9 Å². The number of rotatable bonds is 3. The van der Waals surface area contributed by atoms with Crippen LogP contribution < -0.4 is 0 Å². The van der Waals surface area contributed by atoms with Crippen LogP contribution in [0, 0.1) is 5.82 Å². The highest BCUT2D eigenvalue weighted by atomic mass is 19.1. The smallest absolute Gasteiger partial charge is 0.359 e. The van der Waals surface area contributed by atoms with Gasteiger partial charge in [0.05, 0.1) is 7.11 Å². The first-order chi connectivity index (χ1) is 9.15. The van der Waals surface area contributed by atoms with Crippen molar-refractivity contribution in [2.24, 2.45) is 0 Å². The van der Waals surface area contributed by atoms with Gasteiger partial charge in [-0.3, -0.25) is 0 Å².